The molecule has 29 heavy (non-hydrogen) atoms. The number of aliphatic hydroxyl groups is 9. The predicted octanol–water partition coefficient (Wildman–Crippen LogP) is -7.14. The molecule has 170 valence electrons. The van der Waals surface area contributed by atoms with Crippen LogP contribution >= 0.6 is 0 Å². The Bertz CT molecular complexity index is 562. The molecule has 11 atom stereocenters. The van der Waals surface area contributed by atoms with Crippen LogP contribution in [-0.2, 0) is 19.0 Å². The first-order valence-electron chi connectivity index (χ1n) is 8.75. The van der Waals surface area contributed by atoms with Crippen LogP contribution < -0.4 is 5.73 Å². The highest BCUT2D eigenvalue weighted by atomic mass is 16.7. The summed E-state index contributed by atoms with van der Waals surface area (Å²) in [5.74, 6) is -1.46. The number of hydrogen-bond donors (Lipinski definition) is 10. The van der Waals surface area contributed by atoms with Gasteiger partial charge in [0.15, 0.2) is 11.9 Å². The Kier molecular flexibility index (Phi) is 7.88. The van der Waals surface area contributed by atoms with Gasteiger partial charge in [0.2, 0.25) is 0 Å². The van der Waals surface area contributed by atoms with Gasteiger partial charge in [-0.3, -0.25) is 4.79 Å². The van der Waals surface area contributed by atoms with Gasteiger partial charge in [-0.25, -0.2) is 0 Å². The molecule has 0 aromatic rings. The minimum atomic E-state index is -2.79. The Morgan fingerprint density at radius 3 is 1.93 bits per heavy atom. The van der Waals surface area contributed by atoms with Crippen LogP contribution in [0.2, 0.25) is 0 Å². The van der Waals surface area contributed by atoms with Crippen LogP contribution in [0.1, 0.15) is 0 Å². The van der Waals surface area contributed by atoms with E-state index in [4.69, 9.17) is 19.9 Å². The second kappa shape index (κ2) is 9.42. The van der Waals surface area contributed by atoms with Crippen molar-refractivity contribution in [3.63, 3.8) is 0 Å². The Morgan fingerprint density at radius 1 is 0.862 bits per heavy atom. The maximum Gasteiger partial charge on any atom is 0.254 e. The molecule has 1 amide bonds. The van der Waals surface area contributed by atoms with E-state index in [-0.39, 0.29) is 0 Å². The van der Waals surface area contributed by atoms with Gasteiger partial charge in [0.1, 0.15) is 54.9 Å². The molecule has 2 saturated heterocycles. The summed E-state index contributed by atoms with van der Waals surface area (Å²) in [6.45, 7) is -2.87. The average Bonchev–Trinajstić information content (AvgIpc) is 2.70. The maximum atomic E-state index is 11.5. The van der Waals surface area contributed by atoms with Gasteiger partial charge >= 0.3 is 0 Å². The monoisotopic (exact) mass is 429 g/mol. The molecule has 2 rings (SSSR count). The van der Waals surface area contributed by atoms with Gasteiger partial charge in [-0.1, -0.05) is 0 Å². The summed E-state index contributed by atoms with van der Waals surface area (Å²) in [6, 6.07) is 0. The van der Waals surface area contributed by atoms with Gasteiger partial charge in [-0.15, -0.1) is 0 Å². The van der Waals surface area contributed by atoms with Crippen molar-refractivity contribution in [1.82, 2.24) is 0 Å². The summed E-state index contributed by atoms with van der Waals surface area (Å²) in [5, 5.41) is 88.6. The minimum absolute atomic E-state index is 0.745. The number of rotatable bonds is 7. The van der Waals surface area contributed by atoms with Crippen molar-refractivity contribution in [3.05, 3.63) is 0 Å². The molecule has 2 fully saturated rings. The molecule has 0 saturated carbocycles. The maximum absolute atomic E-state index is 11.5. The first-order chi connectivity index (χ1) is 13.5. The van der Waals surface area contributed by atoms with Crippen LogP contribution in [0.4, 0.5) is 0 Å². The molecule has 14 heteroatoms. The van der Waals surface area contributed by atoms with E-state index in [1.54, 1.807) is 0 Å². The van der Waals surface area contributed by atoms with Gasteiger partial charge in [-0.05, 0) is 0 Å². The van der Waals surface area contributed by atoms with E-state index in [0.29, 0.717) is 0 Å². The number of ether oxygens (including phenoxy) is 3. The van der Waals surface area contributed by atoms with Gasteiger partial charge in [0, 0.05) is 0 Å². The molecule has 0 bridgehead atoms. The van der Waals surface area contributed by atoms with Crippen LogP contribution in [0.25, 0.3) is 0 Å². The molecule has 2 aliphatic heterocycles. The number of carbonyl (C=O) groups excluding carboxylic acids is 1. The number of nitrogens with two attached hydrogens (primary N) is 1. The van der Waals surface area contributed by atoms with Crippen LogP contribution in [0.15, 0.2) is 0 Å². The van der Waals surface area contributed by atoms with Gasteiger partial charge in [0.25, 0.3) is 5.91 Å². The van der Waals surface area contributed by atoms with Crippen molar-refractivity contribution in [2.45, 2.75) is 66.8 Å². The van der Waals surface area contributed by atoms with E-state index < -0.39 is 92.6 Å². The van der Waals surface area contributed by atoms with E-state index in [1.807, 2.05) is 0 Å². The largest absolute Gasteiger partial charge is 0.394 e. The first-order valence-corrected chi connectivity index (χ1v) is 8.75. The van der Waals surface area contributed by atoms with Gasteiger partial charge in [-0.2, -0.15) is 0 Å². The fourth-order valence-corrected chi connectivity index (χ4v) is 3.29. The van der Waals surface area contributed by atoms with Crippen LogP contribution in [0.5, 0.6) is 0 Å². The SMILES string of the molecule is NC(=O)C(O)(CO)C1O[C@H](CO)[C@@H](O[C@@H]2O[C@H](CO)[C@H](O)[C@H](O)[C@H]2O)[C@H](O)[C@H]1O. The summed E-state index contributed by atoms with van der Waals surface area (Å²) >= 11 is 0. The smallest absolute Gasteiger partial charge is 0.254 e. The summed E-state index contributed by atoms with van der Waals surface area (Å²) in [7, 11) is 0. The fourth-order valence-electron chi connectivity index (χ4n) is 3.29. The zero-order chi connectivity index (χ0) is 22.1. The van der Waals surface area contributed by atoms with Crippen molar-refractivity contribution in [2.24, 2.45) is 5.73 Å². The van der Waals surface area contributed by atoms with Crippen LogP contribution in [0.3, 0.4) is 0 Å². The molecule has 0 aromatic heterocycles. The molecule has 0 radical (unpaired) electrons. The fraction of sp³-hybridized carbons (Fsp3) is 0.933. The highest BCUT2D eigenvalue weighted by Crippen LogP contribution is 2.32. The lowest BCUT2D eigenvalue weighted by Gasteiger charge is -2.48. The molecule has 14 nitrogen and oxygen atoms in total. The second-order valence-corrected chi connectivity index (χ2v) is 7.00. The summed E-state index contributed by atoms with van der Waals surface area (Å²) in [6.07, 6.45) is -17.4. The lowest BCUT2D eigenvalue weighted by molar-refractivity contribution is -0.348. The van der Waals surface area contributed by atoms with E-state index in [1.165, 1.54) is 0 Å². The second-order valence-electron chi connectivity index (χ2n) is 7.00. The van der Waals surface area contributed by atoms with Crippen molar-refractivity contribution >= 4 is 5.91 Å². The van der Waals surface area contributed by atoms with E-state index in [2.05, 4.69) is 0 Å². The first kappa shape index (κ1) is 24.3. The van der Waals surface area contributed by atoms with Crippen molar-refractivity contribution in [2.75, 3.05) is 19.8 Å². The number of carbonyl (C=O) groups is 1. The number of primary amides is 1. The predicted molar refractivity (Wildman–Crippen MR) is 87.6 cm³/mol. The van der Waals surface area contributed by atoms with E-state index in [0.717, 1.165) is 0 Å². The lowest BCUT2D eigenvalue weighted by Crippen LogP contribution is -2.70. The number of amides is 1. The highest BCUT2D eigenvalue weighted by Gasteiger charge is 2.57. The zero-order valence-corrected chi connectivity index (χ0v) is 15.1. The molecular formula is C15H27NO13. The van der Waals surface area contributed by atoms with Gasteiger partial charge in [0.05, 0.1) is 19.8 Å². The molecule has 11 N–H and O–H groups in total. The Hall–Kier alpha value is -1.01. The van der Waals surface area contributed by atoms with Crippen LogP contribution in [0, 0.1) is 0 Å². The number of aliphatic hydroxyl groups excluding tert-OH is 8. The minimum Gasteiger partial charge on any atom is -0.394 e. The third kappa shape index (κ3) is 4.39. The molecule has 2 heterocycles. The molecule has 0 aromatic carbocycles. The normalized spacial score (nSPS) is 45.6. The lowest BCUT2D eigenvalue weighted by atomic mass is 9.84. The Balaban J connectivity index is 2.23. The standard InChI is InChI=1S/C15H27NO13/c16-14(25)15(26,3-19)12-9(23)8(22)11(5(2-18)27-12)29-13-10(24)7(21)6(20)4(1-17)28-13/h4-13,17-24,26H,1-3H2,(H2,16,25)/t4-,5-,6+,7+,8-,9-,10-,11-,12?,13+,15?/m1/s1. The number of hydrogen-bond acceptors (Lipinski definition) is 13. The summed E-state index contributed by atoms with van der Waals surface area (Å²) in [4.78, 5) is 11.5. The summed E-state index contributed by atoms with van der Waals surface area (Å²) < 4.78 is 15.7. The molecule has 2 aliphatic rings. The molecule has 0 aliphatic carbocycles. The Morgan fingerprint density at radius 2 is 1.45 bits per heavy atom. The van der Waals surface area contributed by atoms with Crippen molar-refractivity contribution in [3.8, 4) is 0 Å². The third-order valence-corrected chi connectivity index (χ3v) is 5.14. The third-order valence-electron chi connectivity index (χ3n) is 5.14. The highest BCUT2D eigenvalue weighted by molar-refractivity contribution is 5.84. The quantitative estimate of drug-likeness (QED) is 0.181. The zero-order valence-electron chi connectivity index (χ0n) is 15.1. The van der Waals surface area contributed by atoms with E-state index >= 15 is 0 Å². The van der Waals surface area contributed by atoms with Crippen molar-refractivity contribution in [1.29, 1.82) is 0 Å². The summed E-state index contributed by atoms with van der Waals surface area (Å²) in [5.41, 5.74) is 2.23. The molecule has 2 unspecified atom stereocenters. The Labute approximate surface area is 164 Å². The molecular weight excluding hydrogens is 402 g/mol. The van der Waals surface area contributed by atoms with Crippen LogP contribution in [-0.4, -0.2) is 139 Å². The van der Waals surface area contributed by atoms with E-state index in [9.17, 15) is 50.8 Å². The van der Waals surface area contributed by atoms with Gasteiger partial charge < -0.3 is 65.9 Å². The topological polar surface area (TPSA) is 253 Å². The van der Waals surface area contributed by atoms with Crippen molar-refractivity contribution < 1.29 is 65.0 Å². The average molecular weight is 429 g/mol. The molecule has 0 spiro atoms.